The van der Waals surface area contributed by atoms with Gasteiger partial charge in [-0.05, 0) is 55.7 Å². The summed E-state index contributed by atoms with van der Waals surface area (Å²) >= 11 is 0. The minimum atomic E-state index is -0.395. The second-order valence-electron chi connectivity index (χ2n) is 8.15. The molecule has 0 bridgehead atoms. The van der Waals surface area contributed by atoms with Gasteiger partial charge in [-0.2, -0.15) is 5.26 Å². The Labute approximate surface area is 178 Å². The molecule has 156 valence electrons. The minimum Gasteiger partial charge on any atom is -0.440 e. The third-order valence-corrected chi connectivity index (χ3v) is 6.16. The van der Waals surface area contributed by atoms with E-state index in [-0.39, 0.29) is 17.0 Å². The Bertz CT molecular complexity index is 1420. The van der Waals surface area contributed by atoms with E-state index >= 15 is 0 Å². The number of oxazole rings is 1. The standard InChI is InChI=1S/C24H21FN4O2/c1-14-3-6-21-19(11-14)27-23(31-21)15-7-9-29(10-8-15)22-17-12-16(25)4-5-20(17)28(2)24(30)18(22)13-26/h3-6,11-12,15H,7-10H2,1-2H3. The van der Waals surface area contributed by atoms with Crippen molar-refractivity contribution < 1.29 is 8.81 Å². The Morgan fingerprint density at radius 2 is 1.97 bits per heavy atom. The average Bonchev–Trinajstić information content (AvgIpc) is 3.19. The van der Waals surface area contributed by atoms with E-state index in [4.69, 9.17) is 4.42 Å². The molecule has 2 aromatic heterocycles. The van der Waals surface area contributed by atoms with Crippen LogP contribution in [-0.2, 0) is 7.05 Å². The smallest absolute Gasteiger partial charge is 0.270 e. The summed E-state index contributed by atoms with van der Waals surface area (Å²) in [7, 11) is 1.61. The Balaban J connectivity index is 1.50. The van der Waals surface area contributed by atoms with Crippen LogP contribution in [0.4, 0.5) is 10.1 Å². The molecule has 1 saturated heterocycles. The van der Waals surface area contributed by atoms with E-state index in [1.165, 1.54) is 16.7 Å². The van der Waals surface area contributed by atoms with E-state index in [9.17, 15) is 14.4 Å². The van der Waals surface area contributed by atoms with Crippen LogP contribution in [0.25, 0.3) is 22.0 Å². The molecule has 0 N–H and O–H groups in total. The number of aromatic nitrogens is 2. The Hall–Kier alpha value is -3.66. The number of nitriles is 1. The molecule has 6 nitrogen and oxygen atoms in total. The van der Waals surface area contributed by atoms with Gasteiger partial charge in [0, 0.05) is 31.4 Å². The summed E-state index contributed by atoms with van der Waals surface area (Å²) < 4.78 is 21.4. The molecule has 0 aliphatic carbocycles. The average molecular weight is 416 g/mol. The van der Waals surface area contributed by atoms with E-state index in [1.807, 2.05) is 30.0 Å². The number of rotatable bonds is 2. The maximum Gasteiger partial charge on any atom is 0.270 e. The zero-order chi connectivity index (χ0) is 21.7. The third-order valence-electron chi connectivity index (χ3n) is 6.16. The summed E-state index contributed by atoms with van der Waals surface area (Å²) in [6.07, 6.45) is 1.53. The Morgan fingerprint density at radius 3 is 2.71 bits per heavy atom. The van der Waals surface area contributed by atoms with Crippen molar-refractivity contribution in [2.45, 2.75) is 25.7 Å². The van der Waals surface area contributed by atoms with Crippen molar-refractivity contribution in [1.29, 1.82) is 5.26 Å². The van der Waals surface area contributed by atoms with Crippen molar-refractivity contribution in [3.63, 3.8) is 0 Å². The van der Waals surface area contributed by atoms with Crippen LogP contribution in [0.5, 0.6) is 0 Å². The molecular weight excluding hydrogens is 395 g/mol. The number of hydrogen-bond donors (Lipinski definition) is 0. The number of halogens is 1. The molecule has 4 aromatic rings. The fourth-order valence-electron chi connectivity index (χ4n) is 4.51. The molecule has 0 spiro atoms. The fourth-order valence-corrected chi connectivity index (χ4v) is 4.51. The van der Waals surface area contributed by atoms with E-state index in [2.05, 4.69) is 11.1 Å². The molecule has 7 heteroatoms. The molecule has 1 aliphatic heterocycles. The van der Waals surface area contributed by atoms with Gasteiger partial charge in [0.15, 0.2) is 11.5 Å². The van der Waals surface area contributed by atoms with Crippen molar-refractivity contribution in [2.75, 3.05) is 18.0 Å². The molecule has 3 heterocycles. The number of piperidine rings is 1. The summed E-state index contributed by atoms with van der Waals surface area (Å²) in [5.74, 6) is 0.484. The van der Waals surface area contributed by atoms with Gasteiger partial charge < -0.3 is 13.9 Å². The highest BCUT2D eigenvalue weighted by Gasteiger charge is 2.28. The maximum absolute atomic E-state index is 14.1. The number of aryl methyl sites for hydroxylation is 2. The molecule has 31 heavy (non-hydrogen) atoms. The van der Waals surface area contributed by atoms with Crippen LogP contribution in [-0.4, -0.2) is 22.6 Å². The zero-order valence-electron chi connectivity index (χ0n) is 17.4. The molecule has 1 aliphatic rings. The Kier molecular flexibility index (Phi) is 4.51. The van der Waals surface area contributed by atoms with Crippen molar-refractivity contribution in [1.82, 2.24) is 9.55 Å². The Morgan fingerprint density at radius 1 is 1.19 bits per heavy atom. The van der Waals surface area contributed by atoms with Crippen molar-refractivity contribution in [2.24, 2.45) is 7.05 Å². The molecular formula is C24H21FN4O2. The summed E-state index contributed by atoms with van der Waals surface area (Å²) in [4.78, 5) is 19.5. The number of pyridine rings is 1. The van der Waals surface area contributed by atoms with Crippen LogP contribution >= 0.6 is 0 Å². The topological polar surface area (TPSA) is 75.1 Å². The zero-order valence-corrected chi connectivity index (χ0v) is 17.4. The molecule has 2 aromatic carbocycles. The number of fused-ring (bicyclic) bond motifs is 2. The molecule has 0 amide bonds. The van der Waals surface area contributed by atoms with Gasteiger partial charge in [0.25, 0.3) is 5.56 Å². The molecule has 0 saturated carbocycles. The molecule has 0 unspecified atom stereocenters. The van der Waals surface area contributed by atoms with Gasteiger partial charge in [-0.1, -0.05) is 6.07 Å². The van der Waals surface area contributed by atoms with Gasteiger partial charge in [0.1, 0.15) is 23.0 Å². The highest BCUT2D eigenvalue weighted by Crippen LogP contribution is 2.35. The van der Waals surface area contributed by atoms with Crippen LogP contribution in [0.1, 0.15) is 35.8 Å². The predicted molar refractivity (Wildman–Crippen MR) is 117 cm³/mol. The molecule has 0 radical (unpaired) electrons. The first-order valence-corrected chi connectivity index (χ1v) is 10.3. The monoisotopic (exact) mass is 416 g/mol. The van der Waals surface area contributed by atoms with E-state index < -0.39 is 5.82 Å². The van der Waals surface area contributed by atoms with Crippen LogP contribution in [0.3, 0.4) is 0 Å². The minimum absolute atomic E-state index is 0.0522. The van der Waals surface area contributed by atoms with E-state index in [1.54, 1.807) is 13.1 Å². The van der Waals surface area contributed by atoms with Crippen molar-refractivity contribution in [3.05, 3.63) is 69.6 Å². The number of anilines is 1. The SMILES string of the molecule is Cc1ccc2oc(C3CCN(c4c(C#N)c(=O)n(C)c5ccc(F)cc45)CC3)nc2c1. The van der Waals surface area contributed by atoms with E-state index in [0.717, 1.165) is 35.4 Å². The van der Waals surface area contributed by atoms with E-state index in [0.29, 0.717) is 29.7 Å². The molecule has 5 rings (SSSR count). The van der Waals surface area contributed by atoms with Gasteiger partial charge in [0.05, 0.1) is 11.2 Å². The van der Waals surface area contributed by atoms with Gasteiger partial charge in [-0.15, -0.1) is 0 Å². The number of benzene rings is 2. The van der Waals surface area contributed by atoms with Gasteiger partial charge in [-0.3, -0.25) is 4.79 Å². The van der Waals surface area contributed by atoms with Crippen LogP contribution in [0.15, 0.2) is 45.6 Å². The second-order valence-corrected chi connectivity index (χ2v) is 8.15. The normalized spacial score (nSPS) is 15.0. The predicted octanol–water partition coefficient (Wildman–Crippen LogP) is 4.38. The second kappa shape index (κ2) is 7.24. The lowest BCUT2D eigenvalue weighted by Gasteiger charge is -2.33. The summed E-state index contributed by atoms with van der Waals surface area (Å²) in [5, 5.41) is 10.3. The van der Waals surface area contributed by atoms with Gasteiger partial charge >= 0.3 is 0 Å². The lowest BCUT2D eigenvalue weighted by Crippen LogP contribution is -2.35. The quantitative estimate of drug-likeness (QED) is 0.485. The number of nitrogens with zero attached hydrogens (tertiary/aromatic N) is 4. The first-order chi connectivity index (χ1) is 15.0. The first kappa shape index (κ1) is 19.3. The third kappa shape index (κ3) is 3.15. The number of hydrogen-bond acceptors (Lipinski definition) is 5. The fraction of sp³-hybridized carbons (Fsp3) is 0.292. The highest BCUT2D eigenvalue weighted by molar-refractivity contribution is 5.95. The largest absolute Gasteiger partial charge is 0.440 e. The lowest BCUT2D eigenvalue weighted by molar-refractivity contribution is 0.407. The summed E-state index contributed by atoms with van der Waals surface area (Å²) in [5.41, 5.74) is 3.59. The van der Waals surface area contributed by atoms with Crippen LogP contribution in [0.2, 0.25) is 0 Å². The van der Waals surface area contributed by atoms with Crippen LogP contribution in [0, 0.1) is 24.1 Å². The van der Waals surface area contributed by atoms with Crippen molar-refractivity contribution >= 4 is 27.7 Å². The van der Waals surface area contributed by atoms with Crippen molar-refractivity contribution in [3.8, 4) is 6.07 Å². The lowest BCUT2D eigenvalue weighted by atomic mass is 9.95. The van der Waals surface area contributed by atoms with Gasteiger partial charge in [-0.25, -0.2) is 9.37 Å². The highest BCUT2D eigenvalue weighted by atomic mass is 19.1. The molecule has 1 fully saturated rings. The maximum atomic E-state index is 14.1. The summed E-state index contributed by atoms with van der Waals surface area (Å²) in [6.45, 7) is 3.27. The molecule has 0 atom stereocenters. The first-order valence-electron chi connectivity index (χ1n) is 10.3. The van der Waals surface area contributed by atoms with Gasteiger partial charge in [0.2, 0.25) is 0 Å². The summed E-state index contributed by atoms with van der Waals surface area (Å²) in [6, 6.07) is 12.3. The van der Waals surface area contributed by atoms with Crippen LogP contribution < -0.4 is 10.5 Å².